The Labute approximate surface area is 55.4 Å². The number of nitrogens with two attached hydrogens (primary N) is 1. The fourth-order valence-electron chi connectivity index (χ4n) is 1.53. The Balaban J connectivity index is 2.22. The summed E-state index contributed by atoms with van der Waals surface area (Å²) in [5.74, 6) is 0.287. The summed E-state index contributed by atoms with van der Waals surface area (Å²) in [6, 6.07) is 0. The van der Waals surface area contributed by atoms with E-state index in [9.17, 15) is 4.39 Å². The lowest BCUT2D eigenvalue weighted by molar-refractivity contribution is 0.254. The summed E-state index contributed by atoms with van der Waals surface area (Å²) in [6.07, 6.45) is 3.21. The molecule has 0 aromatic rings. The van der Waals surface area contributed by atoms with Crippen molar-refractivity contribution in [1.82, 2.24) is 0 Å². The van der Waals surface area contributed by atoms with Gasteiger partial charge in [0, 0.05) is 0 Å². The van der Waals surface area contributed by atoms with E-state index in [1.54, 1.807) is 0 Å². The van der Waals surface area contributed by atoms with E-state index in [1.807, 2.05) is 0 Å². The van der Waals surface area contributed by atoms with Gasteiger partial charge in [-0.3, -0.25) is 0 Å². The third-order valence-corrected chi connectivity index (χ3v) is 2.10. The van der Waals surface area contributed by atoms with Gasteiger partial charge >= 0.3 is 0 Å². The van der Waals surface area contributed by atoms with Crippen molar-refractivity contribution in [2.45, 2.75) is 31.9 Å². The first kappa shape index (κ1) is 7.00. The standard InChI is InChI=1S/C7H14FN/c8-7-3-1-2-6(7)4-5-9/h6-7H,1-5,9H2/t6-,7+/m1/s1. The highest BCUT2D eigenvalue weighted by Crippen LogP contribution is 2.30. The van der Waals surface area contributed by atoms with E-state index in [1.165, 1.54) is 0 Å². The fourth-order valence-corrected chi connectivity index (χ4v) is 1.53. The minimum absolute atomic E-state index is 0.287. The molecule has 0 unspecified atom stereocenters. The van der Waals surface area contributed by atoms with E-state index in [2.05, 4.69) is 0 Å². The predicted octanol–water partition coefficient (Wildman–Crippen LogP) is 1.47. The van der Waals surface area contributed by atoms with Crippen molar-refractivity contribution in [3.05, 3.63) is 0 Å². The van der Waals surface area contributed by atoms with Gasteiger partial charge in [0.1, 0.15) is 6.17 Å². The first-order valence-corrected chi connectivity index (χ1v) is 3.68. The third kappa shape index (κ3) is 1.65. The average Bonchev–Trinajstić information content (AvgIpc) is 2.18. The molecule has 0 amide bonds. The molecule has 2 atom stereocenters. The quantitative estimate of drug-likeness (QED) is 0.603. The van der Waals surface area contributed by atoms with Gasteiger partial charge < -0.3 is 5.73 Å². The van der Waals surface area contributed by atoms with E-state index >= 15 is 0 Å². The van der Waals surface area contributed by atoms with E-state index in [0.717, 1.165) is 25.7 Å². The molecule has 1 nitrogen and oxygen atoms in total. The van der Waals surface area contributed by atoms with Crippen molar-refractivity contribution in [2.24, 2.45) is 11.7 Å². The Kier molecular flexibility index (Phi) is 2.46. The Hall–Kier alpha value is -0.110. The Morgan fingerprint density at radius 3 is 2.67 bits per heavy atom. The second kappa shape index (κ2) is 3.16. The van der Waals surface area contributed by atoms with Crippen molar-refractivity contribution >= 4 is 0 Å². The van der Waals surface area contributed by atoms with Crippen LogP contribution in [0.25, 0.3) is 0 Å². The zero-order valence-corrected chi connectivity index (χ0v) is 5.65. The lowest BCUT2D eigenvalue weighted by Crippen LogP contribution is -2.13. The van der Waals surface area contributed by atoms with Gasteiger partial charge in [0.25, 0.3) is 0 Å². The van der Waals surface area contributed by atoms with E-state index in [4.69, 9.17) is 5.73 Å². The van der Waals surface area contributed by atoms with Gasteiger partial charge in [-0.2, -0.15) is 0 Å². The van der Waals surface area contributed by atoms with Crippen molar-refractivity contribution in [1.29, 1.82) is 0 Å². The summed E-state index contributed by atoms with van der Waals surface area (Å²) in [4.78, 5) is 0. The van der Waals surface area contributed by atoms with E-state index in [0.29, 0.717) is 6.54 Å². The van der Waals surface area contributed by atoms with Crippen LogP contribution in [0.5, 0.6) is 0 Å². The second-order valence-electron chi connectivity index (χ2n) is 2.78. The molecule has 0 aromatic carbocycles. The highest BCUT2D eigenvalue weighted by Gasteiger charge is 2.25. The first-order valence-electron chi connectivity index (χ1n) is 3.68. The minimum Gasteiger partial charge on any atom is -0.330 e. The zero-order chi connectivity index (χ0) is 6.69. The molecule has 2 N–H and O–H groups in total. The van der Waals surface area contributed by atoms with Crippen molar-refractivity contribution in [3.8, 4) is 0 Å². The molecule has 0 saturated heterocycles. The molecule has 2 heteroatoms. The maximum absolute atomic E-state index is 12.7. The molecule has 54 valence electrons. The summed E-state index contributed by atoms with van der Waals surface area (Å²) >= 11 is 0. The molecular formula is C7H14FN. The van der Waals surface area contributed by atoms with Crippen LogP contribution in [0.15, 0.2) is 0 Å². The van der Waals surface area contributed by atoms with E-state index in [-0.39, 0.29) is 5.92 Å². The van der Waals surface area contributed by atoms with Crippen LogP contribution in [0, 0.1) is 5.92 Å². The zero-order valence-electron chi connectivity index (χ0n) is 5.65. The highest BCUT2D eigenvalue weighted by molar-refractivity contribution is 4.76. The molecule has 1 fully saturated rings. The number of hydrogen-bond acceptors (Lipinski definition) is 1. The summed E-state index contributed by atoms with van der Waals surface area (Å²) in [5.41, 5.74) is 5.30. The summed E-state index contributed by atoms with van der Waals surface area (Å²) in [6.45, 7) is 0.644. The normalized spacial score (nSPS) is 35.3. The molecule has 1 saturated carbocycles. The van der Waals surface area contributed by atoms with Gasteiger partial charge in [0.05, 0.1) is 0 Å². The van der Waals surface area contributed by atoms with Gasteiger partial charge in [-0.25, -0.2) is 4.39 Å². The Bertz CT molecular complexity index is 85.0. The molecule has 0 aromatic heterocycles. The van der Waals surface area contributed by atoms with Gasteiger partial charge in [-0.1, -0.05) is 6.42 Å². The van der Waals surface area contributed by atoms with Gasteiger partial charge in [0.15, 0.2) is 0 Å². The van der Waals surface area contributed by atoms with Crippen LogP contribution in [0.2, 0.25) is 0 Å². The number of alkyl halides is 1. The van der Waals surface area contributed by atoms with Crippen LogP contribution in [-0.4, -0.2) is 12.7 Å². The third-order valence-electron chi connectivity index (χ3n) is 2.10. The lowest BCUT2D eigenvalue weighted by Gasteiger charge is -2.09. The average molecular weight is 131 g/mol. The van der Waals surface area contributed by atoms with Crippen LogP contribution in [-0.2, 0) is 0 Å². The Morgan fingerprint density at radius 1 is 1.44 bits per heavy atom. The molecule has 0 spiro atoms. The monoisotopic (exact) mass is 131 g/mol. The maximum Gasteiger partial charge on any atom is 0.103 e. The van der Waals surface area contributed by atoms with Gasteiger partial charge in [-0.15, -0.1) is 0 Å². The maximum atomic E-state index is 12.7. The largest absolute Gasteiger partial charge is 0.330 e. The summed E-state index contributed by atoms with van der Waals surface area (Å²) in [5, 5.41) is 0. The molecule has 0 heterocycles. The van der Waals surface area contributed by atoms with Crippen LogP contribution in [0.1, 0.15) is 25.7 Å². The number of rotatable bonds is 2. The molecule has 1 aliphatic rings. The highest BCUT2D eigenvalue weighted by atomic mass is 19.1. The molecule has 1 aliphatic carbocycles. The van der Waals surface area contributed by atoms with Crippen LogP contribution < -0.4 is 5.73 Å². The topological polar surface area (TPSA) is 26.0 Å². The number of hydrogen-bond donors (Lipinski definition) is 1. The van der Waals surface area contributed by atoms with Crippen LogP contribution >= 0.6 is 0 Å². The SMILES string of the molecule is NCC[C@H]1CCC[C@@H]1F. The Morgan fingerprint density at radius 2 is 2.22 bits per heavy atom. The molecule has 0 aliphatic heterocycles. The molecule has 9 heavy (non-hydrogen) atoms. The van der Waals surface area contributed by atoms with Crippen LogP contribution in [0.4, 0.5) is 4.39 Å². The van der Waals surface area contributed by atoms with Crippen LogP contribution in [0.3, 0.4) is 0 Å². The number of halogens is 1. The molecule has 0 bridgehead atoms. The first-order chi connectivity index (χ1) is 4.34. The van der Waals surface area contributed by atoms with Crippen molar-refractivity contribution in [2.75, 3.05) is 6.54 Å². The van der Waals surface area contributed by atoms with Crippen molar-refractivity contribution < 1.29 is 4.39 Å². The molecular weight excluding hydrogens is 117 g/mol. The van der Waals surface area contributed by atoms with Gasteiger partial charge in [-0.05, 0) is 31.7 Å². The summed E-state index contributed by atoms with van der Waals surface area (Å²) in [7, 11) is 0. The minimum atomic E-state index is -0.548. The molecule has 1 rings (SSSR count). The fraction of sp³-hybridized carbons (Fsp3) is 1.00. The smallest absolute Gasteiger partial charge is 0.103 e. The van der Waals surface area contributed by atoms with E-state index < -0.39 is 6.17 Å². The lowest BCUT2D eigenvalue weighted by atomic mass is 10.0. The predicted molar refractivity (Wildman–Crippen MR) is 35.9 cm³/mol. The molecule has 0 radical (unpaired) electrons. The summed E-state index contributed by atoms with van der Waals surface area (Å²) < 4.78 is 12.7. The van der Waals surface area contributed by atoms with Crippen molar-refractivity contribution in [3.63, 3.8) is 0 Å². The van der Waals surface area contributed by atoms with Gasteiger partial charge in [0.2, 0.25) is 0 Å². The second-order valence-corrected chi connectivity index (χ2v) is 2.78.